The zero-order chi connectivity index (χ0) is 19.6. The summed E-state index contributed by atoms with van der Waals surface area (Å²) in [6.45, 7) is 2.43. The first-order chi connectivity index (χ1) is 12.8. The van der Waals surface area contributed by atoms with E-state index in [1.54, 1.807) is 6.92 Å². The lowest BCUT2D eigenvalue weighted by molar-refractivity contribution is 0.102. The largest absolute Gasteiger partial charge is 0.380 e. The van der Waals surface area contributed by atoms with Gasteiger partial charge in [0.15, 0.2) is 0 Å². The third-order valence-electron chi connectivity index (χ3n) is 4.16. The summed E-state index contributed by atoms with van der Waals surface area (Å²) in [6.07, 6.45) is 0.604. The minimum absolute atomic E-state index is 0.0157. The van der Waals surface area contributed by atoms with E-state index in [1.807, 2.05) is 0 Å². The van der Waals surface area contributed by atoms with Gasteiger partial charge in [-0.3, -0.25) is 4.79 Å². The van der Waals surface area contributed by atoms with E-state index in [9.17, 15) is 17.6 Å². The van der Waals surface area contributed by atoms with Crippen molar-refractivity contribution >= 4 is 37.5 Å². The van der Waals surface area contributed by atoms with Crippen molar-refractivity contribution in [2.45, 2.75) is 24.3 Å². The number of benzene rings is 2. The number of sulfonamides is 1. The van der Waals surface area contributed by atoms with E-state index in [2.05, 4.69) is 26.0 Å². The third kappa shape index (κ3) is 4.73. The Morgan fingerprint density at radius 1 is 1.26 bits per heavy atom. The summed E-state index contributed by atoms with van der Waals surface area (Å²) in [5, 5.41) is 2.65. The Bertz CT molecular complexity index is 975. The maximum absolute atomic E-state index is 13.4. The fourth-order valence-corrected chi connectivity index (χ4v) is 4.39. The van der Waals surface area contributed by atoms with Gasteiger partial charge in [0.25, 0.3) is 5.91 Å². The van der Waals surface area contributed by atoms with Crippen molar-refractivity contribution in [1.82, 2.24) is 4.72 Å². The van der Waals surface area contributed by atoms with Crippen molar-refractivity contribution in [2.24, 2.45) is 0 Å². The van der Waals surface area contributed by atoms with Gasteiger partial charge in [-0.15, -0.1) is 0 Å². The second kappa shape index (κ2) is 8.05. The Morgan fingerprint density at radius 2 is 2.04 bits per heavy atom. The van der Waals surface area contributed by atoms with Crippen molar-refractivity contribution in [2.75, 3.05) is 18.5 Å². The molecule has 1 amide bonds. The number of amides is 1. The summed E-state index contributed by atoms with van der Waals surface area (Å²) >= 11 is 3.27. The summed E-state index contributed by atoms with van der Waals surface area (Å²) in [4.78, 5) is 12.6. The molecule has 1 aliphatic heterocycles. The molecule has 2 N–H and O–H groups in total. The maximum Gasteiger partial charge on any atom is 0.256 e. The molecule has 144 valence electrons. The number of carbonyl (C=O) groups excluding carboxylic acids is 1. The number of anilines is 1. The Hall–Kier alpha value is -1.81. The van der Waals surface area contributed by atoms with Gasteiger partial charge in [0, 0.05) is 22.8 Å². The quantitative estimate of drug-likeness (QED) is 0.723. The van der Waals surface area contributed by atoms with Crippen molar-refractivity contribution in [3.05, 3.63) is 57.8 Å². The topological polar surface area (TPSA) is 84.5 Å². The standard InChI is InChI=1S/C18H18BrFN2O4S/c1-11-8-12(2-5-17(11)20)21-18(23)15-9-14(3-4-16(15)19)27(24,25)22-13-6-7-26-10-13/h2-5,8-9,13,22H,6-7,10H2,1H3,(H,21,23)/t13-/m0/s1. The number of rotatable bonds is 5. The highest BCUT2D eigenvalue weighted by Gasteiger charge is 2.25. The van der Waals surface area contributed by atoms with E-state index in [0.29, 0.717) is 35.4 Å². The van der Waals surface area contributed by atoms with Gasteiger partial charge in [0.2, 0.25) is 10.0 Å². The van der Waals surface area contributed by atoms with Crippen LogP contribution in [0.5, 0.6) is 0 Å². The molecule has 1 atom stereocenters. The highest BCUT2D eigenvalue weighted by Crippen LogP contribution is 2.23. The lowest BCUT2D eigenvalue weighted by Gasteiger charge is -2.13. The highest BCUT2D eigenvalue weighted by molar-refractivity contribution is 9.10. The summed E-state index contributed by atoms with van der Waals surface area (Å²) in [6, 6.07) is 8.14. The van der Waals surface area contributed by atoms with Crippen LogP contribution in [0, 0.1) is 12.7 Å². The fraction of sp³-hybridized carbons (Fsp3) is 0.278. The SMILES string of the molecule is Cc1cc(NC(=O)c2cc(S(=O)(=O)N[C@H]3CCOC3)ccc2Br)ccc1F. The maximum atomic E-state index is 13.4. The molecule has 0 aromatic heterocycles. The molecule has 0 bridgehead atoms. The second-order valence-corrected chi connectivity index (χ2v) is 8.81. The van der Waals surface area contributed by atoms with Gasteiger partial charge in [-0.2, -0.15) is 0 Å². The number of carbonyl (C=O) groups is 1. The summed E-state index contributed by atoms with van der Waals surface area (Å²) in [5.41, 5.74) is 0.967. The molecule has 0 radical (unpaired) electrons. The zero-order valence-corrected chi connectivity index (χ0v) is 16.9. The third-order valence-corrected chi connectivity index (χ3v) is 6.37. The van der Waals surface area contributed by atoms with Crippen LogP contribution in [-0.4, -0.2) is 33.6 Å². The molecule has 1 fully saturated rings. The van der Waals surface area contributed by atoms with Gasteiger partial charge >= 0.3 is 0 Å². The molecule has 9 heteroatoms. The molecule has 0 unspecified atom stereocenters. The van der Waals surface area contributed by atoms with Gasteiger partial charge < -0.3 is 10.1 Å². The number of aryl methyl sites for hydroxylation is 1. The predicted octanol–water partition coefficient (Wildman–Crippen LogP) is 3.22. The zero-order valence-electron chi connectivity index (χ0n) is 14.5. The first-order valence-electron chi connectivity index (χ1n) is 8.23. The van der Waals surface area contributed by atoms with Gasteiger partial charge in [-0.25, -0.2) is 17.5 Å². The molecular weight excluding hydrogens is 439 g/mol. The number of ether oxygens (including phenoxy) is 1. The molecule has 27 heavy (non-hydrogen) atoms. The Labute approximate surface area is 165 Å². The fourth-order valence-electron chi connectivity index (χ4n) is 2.68. The van der Waals surface area contributed by atoms with Crippen molar-refractivity contribution in [3.8, 4) is 0 Å². The van der Waals surface area contributed by atoms with Crippen LogP contribution < -0.4 is 10.0 Å². The van der Waals surface area contributed by atoms with Gasteiger partial charge in [-0.05, 0) is 71.2 Å². The summed E-state index contributed by atoms with van der Waals surface area (Å²) < 4.78 is 46.7. The van der Waals surface area contributed by atoms with Crippen molar-refractivity contribution in [1.29, 1.82) is 0 Å². The van der Waals surface area contributed by atoms with E-state index in [-0.39, 0.29) is 22.3 Å². The molecule has 0 aliphatic carbocycles. The van der Waals surface area contributed by atoms with E-state index in [1.165, 1.54) is 36.4 Å². The van der Waals surface area contributed by atoms with Gasteiger partial charge in [0.1, 0.15) is 5.82 Å². The molecule has 3 rings (SSSR count). The Morgan fingerprint density at radius 3 is 2.70 bits per heavy atom. The average molecular weight is 457 g/mol. The van der Waals surface area contributed by atoms with Crippen LogP contribution in [0.3, 0.4) is 0 Å². The molecule has 1 heterocycles. The first kappa shape index (κ1) is 19.9. The number of nitrogens with one attached hydrogen (secondary N) is 2. The predicted molar refractivity (Wildman–Crippen MR) is 103 cm³/mol. The first-order valence-corrected chi connectivity index (χ1v) is 10.5. The van der Waals surface area contributed by atoms with Crippen molar-refractivity contribution < 1.29 is 22.3 Å². The normalized spacial score (nSPS) is 17.1. The van der Waals surface area contributed by atoms with Crippen LogP contribution in [-0.2, 0) is 14.8 Å². The van der Waals surface area contributed by atoms with E-state index < -0.39 is 15.9 Å². The lowest BCUT2D eigenvalue weighted by atomic mass is 10.2. The van der Waals surface area contributed by atoms with Crippen LogP contribution in [0.2, 0.25) is 0 Å². The molecule has 0 spiro atoms. The molecule has 6 nitrogen and oxygen atoms in total. The number of halogens is 2. The minimum Gasteiger partial charge on any atom is -0.380 e. The number of hydrogen-bond acceptors (Lipinski definition) is 4. The highest BCUT2D eigenvalue weighted by atomic mass is 79.9. The van der Waals surface area contributed by atoms with Crippen molar-refractivity contribution in [3.63, 3.8) is 0 Å². The summed E-state index contributed by atoms with van der Waals surface area (Å²) in [7, 11) is -3.78. The molecule has 0 saturated carbocycles. The average Bonchev–Trinajstić information content (AvgIpc) is 3.10. The smallest absolute Gasteiger partial charge is 0.256 e. The van der Waals surface area contributed by atoms with E-state index in [4.69, 9.17) is 4.74 Å². The Kier molecular flexibility index (Phi) is 5.95. The monoisotopic (exact) mass is 456 g/mol. The van der Waals surface area contributed by atoms with Gasteiger partial charge in [-0.1, -0.05) is 0 Å². The van der Waals surface area contributed by atoms with E-state index in [0.717, 1.165) is 0 Å². The molecular formula is C18H18BrFN2O4S. The molecule has 2 aromatic carbocycles. The van der Waals surface area contributed by atoms with Crippen LogP contribution in [0.25, 0.3) is 0 Å². The number of hydrogen-bond donors (Lipinski definition) is 2. The van der Waals surface area contributed by atoms with Crippen LogP contribution >= 0.6 is 15.9 Å². The summed E-state index contributed by atoms with van der Waals surface area (Å²) in [5.74, 6) is -0.877. The second-order valence-electron chi connectivity index (χ2n) is 6.24. The minimum atomic E-state index is -3.78. The van der Waals surface area contributed by atoms with Gasteiger partial charge in [0.05, 0.1) is 17.1 Å². The van der Waals surface area contributed by atoms with Crippen LogP contribution in [0.4, 0.5) is 10.1 Å². The molecule has 1 saturated heterocycles. The van der Waals surface area contributed by atoms with E-state index >= 15 is 0 Å². The van der Waals surface area contributed by atoms with Crippen LogP contribution in [0.1, 0.15) is 22.3 Å². The molecule has 1 aliphatic rings. The lowest BCUT2D eigenvalue weighted by Crippen LogP contribution is -2.35. The Balaban J connectivity index is 1.83. The molecule has 2 aromatic rings. The van der Waals surface area contributed by atoms with Crippen LogP contribution in [0.15, 0.2) is 45.8 Å².